The summed E-state index contributed by atoms with van der Waals surface area (Å²) < 4.78 is 0. The summed E-state index contributed by atoms with van der Waals surface area (Å²) in [6.45, 7) is 6.69. The molecule has 0 aromatic heterocycles. The van der Waals surface area contributed by atoms with Crippen LogP contribution in [0.5, 0.6) is 5.75 Å². The Labute approximate surface area is 110 Å². The van der Waals surface area contributed by atoms with Gasteiger partial charge in [-0.25, -0.2) is 0 Å². The van der Waals surface area contributed by atoms with E-state index in [2.05, 4.69) is 20.8 Å². The number of hydrogen-bond acceptors (Lipinski definition) is 2. The molecule has 0 bridgehead atoms. The minimum absolute atomic E-state index is 0.278. The van der Waals surface area contributed by atoms with Crippen LogP contribution >= 0.6 is 0 Å². The molecule has 1 saturated carbocycles. The van der Waals surface area contributed by atoms with E-state index in [0.29, 0.717) is 17.8 Å². The van der Waals surface area contributed by atoms with Crippen LogP contribution in [0.2, 0.25) is 0 Å². The maximum atomic E-state index is 10.8. The Kier molecular flexibility index (Phi) is 3.41. The molecule has 0 saturated heterocycles. The first kappa shape index (κ1) is 13.4. The molecule has 0 aliphatic heterocycles. The van der Waals surface area contributed by atoms with Crippen LogP contribution in [0.3, 0.4) is 0 Å². The van der Waals surface area contributed by atoms with E-state index in [1.165, 1.54) is 0 Å². The summed E-state index contributed by atoms with van der Waals surface area (Å²) in [5.74, 6) is 0.573. The molecule has 1 aromatic rings. The Morgan fingerprint density at radius 2 is 2.00 bits per heavy atom. The van der Waals surface area contributed by atoms with E-state index in [1.807, 2.05) is 12.1 Å². The normalized spacial score (nSPS) is 31.2. The van der Waals surface area contributed by atoms with Crippen molar-refractivity contribution in [2.24, 2.45) is 11.3 Å². The van der Waals surface area contributed by atoms with Gasteiger partial charge in [0.25, 0.3) is 0 Å². The van der Waals surface area contributed by atoms with Crippen molar-refractivity contribution < 1.29 is 10.2 Å². The van der Waals surface area contributed by atoms with Crippen LogP contribution in [0.25, 0.3) is 0 Å². The molecule has 2 atom stereocenters. The highest BCUT2D eigenvalue weighted by molar-refractivity contribution is 5.28. The molecule has 2 N–H and O–H groups in total. The first-order valence-electron chi connectivity index (χ1n) is 6.81. The minimum atomic E-state index is -0.622. The number of phenolic OH excluding ortho intramolecular Hbond substituents is 1. The third kappa shape index (κ3) is 2.86. The van der Waals surface area contributed by atoms with Gasteiger partial charge in [0.05, 0.1) is 5.60 Å². The maximum absolute atomic E-state index is 10.8. The first-order valence-corrected chi connectivity index (χ1v) is 6.81. The third-order valence-corrected chi connectivity index (χ3v) is 4.43. The molecule has 18 heavy (non-hydrogen) atoms. The van der Waals surface area contributed by atoms with Gasteiger partial charge < -0.3 is 10.2 Å². The molecule has 2 nitrogen and oxygen atoms in total. The molecule has 1 aliphatic rings. The number of hydrogen-bond donors (Lipinski definition) is 2. The highest BCUT2D eigenvalue weighted by Crippen LogP contribution is 2.45. The third-order valence-electron chi connectivity index (χ3n) is 4.43. The number of aromatic hydroxyl groups is 1. The lowest BCUT2D eigenvalue weighted by Gasteiger charge is -2.45. The van der Waals surface area contributed by atoms with Crippen molar-refractivity contribution in [1.82, 2.24) is 0 Å². The van der Waals surface area contributed by atoms with Gasteiger partial charge in [-0.3, -0.25) is 0 Å². The molecule has 1 aromatic carbocycles. The second-order valence-electron chi connectivity index (χ2n) is 6.72. The summed E-state index contributed by atoms with van der Waals surface area (Å²) in [6, 6.07) is 7.24. The molecule has 2 rings (SSSR count). The summed E-state index contributed by atoms with van der Waals surface area (Å²) in [4.78, 5) is 0. The van der Waals surface area contributed by atoms with Gasteiger partial charge in [0.1, 0.15) is 5.75 Å². The van der Waals surface area contributed by atoms with Gasteiger partial charge in [-0.05, 0) is 48.3 Å². The average Bonchev–Trinajstić information content (AvgIpc) is 2.24. The van der Waals surface area contributed by atoms with E-state index in [-0.39, 0.29) is 5.75 Å². The number of aliphatic hydroxyl groups is 1. The van der Waals surface area contributed by atoms with Crippen molar-refractivity contribution in [3.8, 4) is 5.75 Å². The van der Waals surface area contributed by atoms with E-state index in [0.717, 1.165) is 24.8 Å². The van der Waals surface area contributed by atoms with Crippen LogP contribution in [0.15, 0.2) is 24.3 Å². The number of rotatable bonds is 2. The molecule has 0 radical (unpaired) electrons. The lowest BCUT2D eigenvalue weighted by molar-refractivity contribution is -0.0704. The predicted octanol–water partition coefficient (Wildman–Crippen LogP) is 3.51. The summed E-state index contributed by atoms with van der Waals surface area (Å²) >= 11 is 0. The monoisotopic (exact) mass is 248 g/mol. The number of benzene rings is 1. The molecular weight excluding hydrogens is 224 g/mol. The smallest absolute Gasteiger partial charge is 0.115 e. The van der Waals surface area contributed by atoms with Crippen molar-refractivity contribution in [2.75, 3.05) is 0 Å². The summed E-state index contributed by atoms with van der Waals surface area (Å²) in [5.41, 5.74) is 0.734. The van der Waals surface area contributed by atoms with Gasteiger partial charge in [-0.15, -0.1) is 0 Å². The van der Waals surface area contributed by atoms with E-state index in [1.54, 1.807) is 12.1 Å². The lowest BCUT2D eigenvalue weighted by atomic mass is 9.64. The zero-order valence-electron chi connectivity index (χ0n) is 11.6. The van der Waals surface area contributed by atoms with Crippen molar-refractivity contribution >= 4 is 0 Å². The van der Waals surface area contributed by atoms with Crippen LogP contribution in [-0.2, 0) is 6.42 Å². The van der Waals surface area contributed by atoms with E-state index in [4.69, 9.17) is 0 Å². The highest BCUT2D eigenvalue weighted by Gasteiger charge is 2.42. The van der Waals surface area contributed by atoms with Crippen LogP contribution in [0.1, 0.15) is 45.6 Å². The standard InChI is InChI=1S/C16H24O2/c1-12-10-15(2,3)7-8-16(12,18)11-13-5-4-6-14(17)9-13/h4-6,9,12,17-18H,7-8,10-11H2,1-3H3. The van der Waals surface area contributed by atoms with Crippen LogP contribution in [-0.4, -0.2) is 15.8 Å². The molecule has 0 spiro atoms. The van der Waals surface area contributed by atoms with Gasteiger partial charge in [0.2, 0.25) is 0 Å². The molecule has 0 amide bonds. The van der Waals surface area contributed by atoms with Crippen molar-refractivity contribution in [2.45, 2.75) is 52.1 Å². The minimum Gasteiger partial charge on any atom is -0.508 e. The summed E-state index contributed by atoms with van der Waals surface area (Å²) in [5, 5.41) is 20.3. The molecule has 2 unspecified atom stereocenters. The van der Waals surface area contributed by atoms with Crippen molar-refractivity contribution in [3.63, 3.8) is 0 Å². The average molecular weight is 248 g/mol. The quantitative estimate of drug-likeness (QED) is 0.840. The Morgan fingerprint density at radius 1 is 1.28 bits per heavy atom. The van der Waals surface area contributed by atoms with E-state index >= 15 is 0 Å². The summed E-state index contributed by atoms with van der Waals surface area (Å²) in [7, 11) is 0. The van der Waals surface area contributed by atoms with Gasteiger partial charge in [-0.2, -0.15) is 0 Å². The molecule has 1 fully saturated rings. The van der Waals surface area contributed by atoms with Crippen molar-refractivity contribution in [3.05, 3.63) is 29.8 Å². The Morgan fingerprint density at radius 3 is 2.61 bits per heavy atom. The summed E-state index contributed by atoms with van der Waals surface area (Å²) in [6.07, 6.45) is 3.60. The zero-order valence-corrected chi connectivity index (χ0v) is 11.6. The molecule has 0 heterocycles. The van der Waals surface area contributed by atoms with Crippen molar-refractivity contribution in [1.29, 1.82) is 0 Å². The lowest BCUT2D eigenvalue weighted by Crippen LogP contribution is -2.45. The molecular formula is C16H24O2. The topological polar surface area (TPSA) is 40.5 Å². The predicted molar refractivity (Wildman–Crippen MR) is 73.6 cm³/mol. The van der Waals surface area contributed by atoms with Crippen LogP contribution in [0, 0.1) is 11.3 Å². The first-order chi connectivity index (χ1) is 8.31. The largest absolute Gasteiger partial charge is 0.508 e. The van der Waals surface area contributed by atoms with Gasteiger partial charge in [0, 0.05) is 6.42 Å². The highest BCUT2D eigenvalue weighted by atomic mass is 16.3. The van der Waals surface area contributed by atoms with Crippen LogP contribution in [0.4, 0.5) is 0 Å². The van der Waals surface area contributed by atoms with Crippen LogP contribution < -0.4 is 0 Å². The van der Waals surface area contributed by atoms with Gasteiger partial charge in [-0.1, -0.05) is 32.9 Å². The number of phenols is 1. The van der Waals surface area contributed by atoms with E-state index < -0.39 is 5.60 Å². The van der Waals surface area contributed by atoms with Gasteiger partial charge in [0.15, 0.2) is 0 Å². The molecule has 2 heteroatoms. The Hall–Kier alpha value is -1.02. The van der Waals surface area contributed by atoms with E-state index in [9.17, 15) is 10.2 Å². The zero-order chi connectivity index (χ0) is 13.4. The maximum Gasteiger partial charge on any atom is 0.115 e. The fourth-order valence-corrected chi connectivity index (χ4v) is 3.20. The Balaban J connectivity index is 2.13. The Bertz CT molecular complexity index is 425. The SMILES string of the molecule is CC1CC(C)(C)CCC1(O)Cc1cccc(O)c1. The second-order valence-corrected chi connectivity index (χ2v) is 6.72. The fraction of sp³-hybridized carbons (Fsp3) is 0.625. The second kappa shape index (κ2) is 4.58. The fourth-order valence-electron chi connectivity index (χ4n) is 3.20. The molecule has 100 valence electrons. The van der Waals surface area contributed by atoms with Gasteiger partial charge >= 0.3 is 0 Å². The molecule has 1 aliphatic carbocycles.